The van der Waals surface area contributed by atoms with Crippen molar-refractivity contribution in [3.8, 4) is 5.75 Å². The minimum Gasteiger partial charge on any atom is -0.484 e. The fourth-order valence-corrected chi connectivity index (χ4v) is 4.79. The Morgan fingerprint density at radius 1 is 1.26 bits per heavy atom. The van der Waals surface area contributed by atoms with Crippen LogP contribution in [0.15, 0.2) is 57.3 Å². The maximum atomic E-state index is 13.3. The second-order valence-electron chi connectivity index (χ2n) is 9.32. The molecule has 0 radical (unpaired) electrons. The second kappa shape index (κ2) is 9.29. The molecule has 1 N–H and O–H groups in total. The number of ether oxygens (including phenoxy) is 2. The third-order valence-corrected chi connectivity index (χ3v) is 6.26. The molecule has 0 saturated heterocycles. The molecule has 8 heteroatoms. The molecule has 4 rings (SSSR count). The molecule has 2 aromatic rings. The van der Waals surface area contributed by atoms with E-state index in [0.29, 0.717) is 47.0 Å². The summed E-state index contributed by atoms with van der Waals surface area (Å²) < 4.78 is 30.3. The lowest BCUT2D eigenvalue weighted by atomic mass is 9.69. The van der Waals surface area contributed by atoms with Crippen molar-refractivity contribution < 1.29 is 27.9 Å². The van der Waals surface area contributed by atoms with Crippen LogP contribution in [0.1, 0.15) is 58.0 Å². The lowest BCUT2D eigenvalue weighted by molar-refractivity contribution is -0.138. The van der Waals surface area contributed by atoms with Crippen molar-refractivity contribution >= 4 is 23.4 Å². The lowest BCUT2D eigenvalue weighted by Gasteiger charge is -2.38. The maximum Gasteiger partial charge on any atom is 0.336 e. The number of benzene rings is 1. The zero-order valence-corrected chi connectivity index (χ0v) is 20.3. The number of furan rings is 1. The van der Waals surface area contributed by atoms with Crippen LogP contribution in [0, 0.1) is 11.2 Å². The van der Waals surface area contributed by atoms with Gasteiger partial charge >= 0.3 is 5.97 Å². The van der Waals surface area contributed by atoms with Gasteiger partial charge in [-0.05, 0) is 56.0 Å². The van der Waals surface area contributed by atoms with Gasteiger partial charge in [-0.2, -0.15) is 0 Å². The van der Waals surface area contributed by atoms with Crippen LogP contribution in [-0.4, -0.2) is 18.4 Å². The van der Waals surface area contributed by atoms with Gasteiger partial charge in [0.2, 0.25) is 0 Å². The molecule has 0 fully saturated rings. The molecule has 0 amide bonds. The largest absolute Gasteiger partial charge is 0.484 e. The van der Waals surface area contributed by atoms with E-state index >= 15 is 0 Å². The molecule has 1 aliphatic carbocycles. The number of ketones is 1. The summed E-state index contributed by atoms with van der Waals surface area (Å²) in [4.78, 5) is 26.2. The Morgan fingerprint density at radius 2 is 2.03 bits per heavy atom. The van der Waals surface area contributed by atoms with Crippen LogP contribution in [0.4, 0.5) is 4.39 Å². The van der Waals surface area contributed by atoms with Crippen LogP contribution in [0.2, 0.25) is 5.02 Å². The Balaban J connectivity index is 1.68. The van der Waals surface area contributed by atoms with Crippen LogP contribution in [0.3, 0.4) is 0 Å². The van der Waals surface area contributed by atoms with Gasteiger partial charge in [0.15, 0.2) is 5.78 Å². The summed E-state index contributed by atoms with van der Waals surface area (Å²) in [5.41, 5.74) is 2.16. The Kier molecular flexibility index (Phi) is 6.58. The number of hydrogen-bond donors (Lipinski definition) is 1. The summed E-state index contributed by atoms with van der Waals surface area (Å²) in [5.74, 6) is -0.405. The zero-order chi connectivity index (χ0) is 24.6. The summed E-state index contributed by atoms with van der Waals surface area (Å²) in [7, 11) is 0. The van der Waals surface area contributed by atoms with Gasteiger partial charge in [0, 0.05) is 23.4 Å². The van der Waals surface area contributed by atoms with Crippen molar-refractivity contribution in [2.75, 3.05) is 6.61 Å². The molecule has 1 unspecified atom stereocenters. The Morgan fingerprint density at radius 3 is 2.74 bits per heavy atom. The van der Waals surface area contributed by atoms with E-state index in [4.69, 9.17) is 25.5 Å². The van der Waals surface area contributed by atoms with Gasteiger partial charge in [-0.25, -0.2) is 9.18 Å². The Labute approximate surface area is 202 Å². The molecule has 1 aliphatic heterocycles. The van der Waals surface area contributed by atoms with Gasteiger partial charge in [-0.3, -0.25) is 4.79 Å². The standard InChI is InChI=1S/C26H27ClFNO5/c1-5-32-25(31)22-14(2)29-18-11-26(3,4)12-19(30)23(18)24(22)21-9-7-16(34-21)13-33-20-8-6-15(28)10-17(20)27/h6-10,24,29H,5,11-13H2,1-4H3. The van der Waals surface area contributed by atoms with E-state index < -0.39 is 17.7 Å². The van der Waals surface area contributed by atoms with E-state index in [2.05, 4.69) is 5.32 Å². The predicted molar refractivity (Wildman–Crippen MR) is 125 cm³/mol. The monoisotopic (exact) mass is 487 g/mol. The van der Waals surface area contributed by atoms with Crippen LogP contribution >= 0.6 is 11.6 Å². The summed E-state index contributed by atoms with van der Waals surface area (Å²) in [6, 6.07) is 7.34. The SMILES string of the molecule is CCOC(=O)C1=C(C)NC2=C(C(=O)CC(C)(C)C2)C1c1ccc(COc2ccc(F)cc2Cl)o1. The van der Waals surface area contributed by atoms with Crippen molar-refractivity contribution in [2.24, 2.45) is 5.41 Å². The highest BCUT2D eigenvalue weighted by atomic mass is 35.5. The molecule has 180 valence electrons. The Hall–Kier alpha value is -3.06. The average Bonchev–Trinajstić information content (AvgIpc) is 3.20. The number of carbonyl (C=O) groups is 2. The molecular formula is C26H27ClFNO5. The van der Waals surface area contributed by atoms with Crippen molar-refractivity contribution in [3.05, 3.63) is 75.2 Å². The zero-order valence-electron chi connectivity index (χ0n) is 19.6. The first-order valence-electron chi connectivity index (χ1n) is 11.2. The molecule has 6 nitrogen and oxygen atoms in total. The van der Waals surface area contributed by atoms with Crippen LogP contribution in [-0.2, 0) is 20.9 Å². The highest BCUT2D eigenvalue weighted by Crippen LogP contribution is 2.47. The number of esters is 1. The van der Waals surface area contributed by atoms with E-state index in [9.17, 15) is 14.0 Å². The molecule has 1 aromatic heterocycles. The third-order valence-electron chi connectivity index (χ3n) is 5.97. The molecular weight excluding hydrogens is 461 g/mol. The number of hydrogen-bond acceptors (Lipinski definition) is 6. The fourth-order valence-electron chi connectivity index (χ4n) is 4.57. The third kappa shape index (κ3) is 4.75. The maximum absolute atomic E-state index is 13.3. The van der Waals surface area contributed by atoms with Crippen LogP contribution in [0.25, 0.3) is 0 Å². The minimum atomic E-state index is -0.679. The van der Waals surface area contributed by atoms with Crippen molar-refractivity contribution in [1.82, 2.24) is 5.32 Å². The van der Waals surface area contributed by atoms with E-state index in [1.165, 1.54) is 18.2 Å². The van der Waals surface area contributed by atoms with Gasteiger partial charge in [0.1, 0.15) is 29.7 Å². The predicted octanol–water partition coefficient (Wildman–Crippen LogP) is 5.82. The van der Waals surface area contributed by atoms with E-state index in [0.717, 1.165) is 5.70 Å². The first-order chi connectivity index (χ1) is 16.1. The molecule has 0 saturated carbocycles. The van der Waals surface area contributed by atoms with E-state index in [1.807, 2.05) is 13.8 Å². The van der Waals surface area contributed by atoms with Crippen LogP contribution < -0.4 is 10.1 Å². The van der Waals surface area contributed by atoms with Crippen LogP contribution in [0.5, 0.6) is 5.75 Å². The van der Waals surface area contributed by atoms with Gasteiger partial charge < -0.3 is 19.2 Å². The quantitative estimate of drug-likeness (QED) is 0.517. The first kappa shape index (κ1) is 24.1. The summed E-state index contributed by atoms with van der Waals surface area (Å²) in [6.07, 6.45) is 1.05. The number of Topliss-reactive ketones (excluding diaryl/α,β-unsaturated/α-hetero) is 1. The smallest absolute Gasteiger partial charge is 0.336 e. The van der Waals surface area contributed by atoms with Gasteiger partial charge in [0.25, 0.3) is 0 Å². The number of carbonyl (C=O) groups excluding carboxylic acids is 2. The van der Waals surface area contributed by atoms with Crippen molar-refractivity contribution in [1.29, 1.82) is 0 Å². The average molecular weight is 488 g/mol. The second-order valence-corrected chi connectivity index (χ2v) is 9.73. The molecule has 34 heavy (non-hydrogen) atoms. The number of allylic oxidation sites excluding steroid dienone is 3. The molecule has 0 bridgehead atoms. The first-order valence-corrected chi connectivity index (χ1v) is 11.5. The highest BCUT2D eigenvalue weighted by molar-refractivity contribution is 6.32. The van der Waals surface area contributed by atoms with Gasteiger partial charge in [-0.1, -0.05) is 25.4 Å². The molecule has 2 aliphatic rings. The summed E-state index contributed by atoms with van der Waals surface area (Å²) in [5, 5.41) is 3.44. The van der Waals surface area contributed by atoms with Gasteiger partial charge in [0.05, 0.1) is 23.1 Å². The topological polar surface area (TPSA) is 77.8 Å². The molecule has 1 atom stereocenters. The van der Waals surface area contributed by atoms with Crippen molar-refractivity contribution in [2.45, 2.75) is 53.1 Å². The van der Waals surface area contributed by atoms with Gasteiger partial charge in [-0.15, -0.1) is 0 Å². The molecule has 0 spiro atoms. The number of nitrogens with one attached hydrogen (secondary N) is 1. The normalized spacial score (nSPS) is 19.6. The highest BCUT2D eigenvalue weighted by Gasteiger charge is 2.44. The van der Waals surface area contributed by atoms with Crippen molar-refractivity contribution in [3.63, 3.8) is 0 Å². The van der Waals surface area contributed by atoms with E-state index in [-0.39, 0.29) is 29.4 Å². The molecule has 2 heterocycles. The molecule has 1 aromatic carbocycles. The summed E-state index contributed by atoms with van der Waals surface area (Å²) >= 11 is 6.03. The fraction of sp³-hybridized carbons (Fsp3) is 0.385. The minimum absolute atomic E-state index is 0.0228. The van der Waals surface area contributed by atoms with E-state index in [1.54, 1.807) is 26.0 Å². The number of rotatable bonds is 6. The number of dihydropyridines is 1. The lowest BCUT2D eigenvalue weighted by Crippen LogP contribution is -2.38. The summed E-state index contributed by atoms with van der Waals surface area (Å²) in [6.45, 7) is 7.90. The Bertz CT molecular complexity index is 1210. The number of halogens is 2.